The van der Waals surface area contributed by atoms with E-state index < -0.39 is 0 Å². The summed E-state index contributed by atoms with van der Waals surface area (Å²) in [6.45, 7) is 6.58. The van der Waals surface area contributed by atoms with E-state index >= 15 is 0 Å². The van der Waals surface area contributed by atoms with Crippen LogP contribution in [0.5, 0.6) is 0 Å². The second kappa shape index (κ2) is 3.86. The van der Waals surface area contributed by atoms with E-state index in [1.165, 1.54) is 44.9 Å². The van der Waals surface area contributed by atoms with Crippen molar-refractivity contribution in [3.05, 3.63) is 12.2 Å². The quantitative estimate of drug-likeness (QED) is 0.529. The van der Waals surface area contributed by atoms with Crippen molar-refractivity contribution in [1.82, 2.24) is 0 Å². The lowest BCUT2D eigenvalue weighted by Gasteiger charge is -2.40. The Labute approximate surface area is 82.4 Å². The van der Waals surface area contributed by atoms with Crippen molar-refractivity contribution in [2.75, 3.05) is 0 Å². The van der Waals surface area contributed by atoms with Crippen molar-refractivity contribution in [2.45, 2.75) is 51.9 Å². The van der Waals surface area contributed by atoms with Crippen LogP contribution in [0.3, 0.4) is 0 Å². The van der Waals surface area contributed by atoms with Gasteiger partial charge >= 0.3 is 0 Å². The smallest absolute Gasteiger partial charge is 0.0206 e. The van der Waals surface area contributed by atoms with Crippen LogP contribution in [0.1, 0.15) is 51.9 Å². The van der Waals surface area contributed by atoms with Crippen molar-refractivity contribution in [2.24, 2.45) is 17.8 Å². The van der Waals surface area contributed by atoms with Crippen molar-refractivity contribution in [1.29, 1.82) is 0 Å². The molecule has 0 N–H and O–H groups in total. The first-order valence-electron chi connectivity index (χ1n) is 5.99. The molecule has 0 saturated heterocycles. The maximum absolute atomic E-state index is 4.26. The van der Waals surface area contributed by atoms with E-state index in [1.54, 1.807) is 5.57 Å². The van der Waals surface area contributed by atoms with Crippen LogP contribution in [0.4, 0.5) is 0 Å². The Morgan fingerprint density at radius 1 is 1.23 bits per heavy atom. The Bertz CT molecular complexity index is 192. The molecule has 0 radical (unpaired) electrons. The Hall–Kier alpha value is -0.260. The van der Waals surface area contributed by atoms with E-state index in [9.17, 15) is 0 Å². The third kappa shape index (κ3) is 1.82. The highest BCUT2D eigenvalue weighted by atomic mass is 14.4. The predicted molar refractivity (Wildman–Crippen MR) is 57.6 cm³/mol. The van der Waals surface area contributed by atoms with Crippen LogP contribution in [-0.2, 0) is 0 Å². The Kier molecular flexibility index (Phi) is 2.76. The summed E-state index contributed by atoms with van der Waals surface area (Å²) in [5, 5.41) is 0. The van der Waals surface area contributed by atoms with Gasteiger partial charge in [-0.25, -0.2) is 0 Å². The van der Waals surface area contributed by atoms with Crippen LogP contribution < -0.4 is 0 Å². The normalized spacial score (nSPS) is 40.1. The van der Waals surface area contributed by atoms with Crippen molar-refractivity contribution >= 4 is 0 Å². The zero-order chi connectivity index (χ0) is 9.26. The van der Waals surface area contributed by atoms with E-state index in [0.717, 1.165) is 17.8 Å². The average Bonchev–Trinajstić information content (AvgIpc) is 2.17. The largest absolute Gasteiger partial charge is 0.0996 e. The number of allylic oxidation sites excluding steroid dienone is 1. The number of rotatable bonds is 1. The minimum absolute atomic E-state index is 0.861. The highest BCUT2D eigenvalue weighted by molar-refractivity contribution is 5.07. The predicted octanol–water partition coefficient (Wildman–Crippen LogP) is 4.17. The van der Waals surface area contributed by atoms with E-state index in [2.05, 4.69) is 13.5 Å². The van der Waals surface area contributed by atoms with Crippen molar-refractivity contribution in [3.8, 4) is 0 Å². The van der Waals surface area contributed by atoms with Gasteiger partial charge in [-0.3, -0.25) is 0 Å². The highest BCUT2D eigenvalue weighted by Crippen LogP contribution is 2.45. The summed E-state index contributed by atoms with van der Waals surface area (Å²) >= 11 is 0. The van der Waals surface area contributed by atoms with Gasteiger partial charge in [-0.2, -0.15) is 0 Å². The molecule has 2 fully saturated rings. The summed E-state index contributed by atoms with van der Waals surface area (Å²) in [6.07, 6.45) is 10.1. The first-order chi connectivity index (χ1) is 6.31. The fourth-order valence-corrected chi connectivity index (χ4v) is 3.35. The Balaban J connectivity index is 2.01. The van der Waals surface area contributed by atoms with E-state index in [0.29, 0.717) is 0 Å². The first-order valence-corrected chi connectivity index (χ1v) is 5.99. The van der Waals surface area contributed by atoms with Crippen LogP contribution >= 0.6 is 0 Å². The molecule has 0 aromatic carbocycles. The van der Waals surface area contributed by atoms with Crippen LogP contribution in [0.2, 0.25) is 0 Å². The van der Waals surface area contributed by atoms with Gasteiger partial charge in [0.25, 0.3) is 0 Å². The molecule has 0 heteroatoms. The van der Waals surface area contributed by atoms with Crippen LogP contribution in [-0.4, -0.2) is 0 Å². The van der Waals surface area contributed by atoms with Gasteiger partial charge in [0, 0.05) is 0 Å². The molecule has 3 atom stereocenters. The lowest BCUT2D eigenvalue weighted by atomic mass is 9.65. The summed E-state index contributed by atoms with van der Waals surface area (Å²) in [4.78, 5) is 0. The maximum atomic E-state index is 4.26. The van der Waals surface area contributed by atoms with Gasteiger partial charge in [-0.05, 0) is 43.4 Å². The molecular weight excluding hydrogens is 156 g/mol. The maximum Gasteiger partial charge on any atom is -0.0206 e. The van der Waals surface area contributed by atoms with Gasteiger partial charge in [0.05, 0.1) is 0 Å². The van der Waals surface area contributed by atoms with Gasteiger partial charge in [0.1, 0.15) is 0 Å². The topological polar surface area (TPSA) is 0 Å². The Morgan fingerprint density at radius 2 is 1.92 bits per heavy atom. The SMILES string of the molecule is C=C1C[C@@H]2CCCCC2C[C@@H]1CC. The molecule has 2 aliphatic carbocycles. The van der Waals surface area contributed by atoms with E-state index in [4.69, 9.17) is 0 Å². The minimum Gasteiger partial charge on any atom is -0.0996 e. The van der Waals surface area contributed by atoms with Gasteiger partial charge < -0.3 is 0 Å². The van der Waals surface area contributed by atoms with Gasteiger partial charge in [-0.1, -0.05) is 38.3 Å². The van der Waals surface area contributed by atoms with Crippen LogP contribution in [0, 0.1) is 17.8 Å². The first kappa shape index (κ1) is 9.30. The standard InChI is InChI=1S/C13H22/c1-3-11-9-13-7-5-4-6-12(13)8-10(11)2/h11-13H,2-9H2,1H3/t11-,12-,13?/m0/s1. The lowest BCUT2D eigenvalue weighted by Crippen LogP contribution is -2.28. The summed E-state index contributed by atoms with van der Waals surface area (Å²) in [5.41, 5.74) is 1.56. The minimum atomic E-state index is 0.861. The summed E-state index contributed by atoms with van der Waals surface area (Å²) in [5.74, 6) is 2.94. The second-order valence-electron chi connectivity index (χ2n) is 5.01. The summed E-state index contributed by atoms with van der Waals surface area (Å²) in [6, 6.07) is 0. The molecule has 2 saturated carbocycles. The summed E-state index contributed by atoms with van der Waals surface area (Å²) < 4.78 is 0. The van der Waals surface area contributed by atoms with Crippen LogP contribution in [0.25, 0.3) is 0 Å². The molecule has 0 bridgehead atoms. The highest BCUT2D eigenvalue weighted by Gasteiger charge is 2.33. The van der Waals surface area contributed by atoms with Crippen molar-refractivity contribution in [3.63, 3.8) is 0 Å². The average molecular weight is 178 g/mol. The molecule has 2 rings (SSSR count). The van der Waals surface area contributed by atoms with E-state index in [-0.39, 0.29) is 0 Å². The second-order valence-corrected chi connectivity index (χ2v) is 5.01. The molecule has 0 nitrogen and oxygen atoms in total. The van der Waals surface area contributed by atoms with Gasteiger partial charge in [0.2, 0.25) is 0 Å². The number of hydrogen-bond acceptors (Lipinski definition) is 0. The van der Waals surface area contributed by atoms with Crippen molar-refractivity contribution < 1.29 is 0 Å². The molecule has 0 heterocycles. The molecule has 2 aliphatic rings. The molecule has 0 aromatic rings. The molecule has 0 amide bonds. The third-order valence-corrected chi connectivity index (χ3v) is 4.25. The monoisotopic (exact) mass is 178 g/mol. The Morgan fingerprint density at radius 3 is 2.62 bits per heavy atom. The molecule has 0 spiro atoms. The molecular formula is C13H22. The number of hydrogen-bond donors (Lipinski definition) is 0. The van der Waals surface area contributed by atoms with Gasteiger partial charge in [0.15, 0.2) is 0 Å². The zero-order valence-corrected chi connectivity index (χ0v) is 8.89. The van der Waals surface area contributed by atoms with Crippen LogP contribution in [0.15, 0.2) is 12.2 Å². The molecule has 0 aromatic heterocycles. The molecule has 13 heavy (non-hydrogen) atoms. The van der Waals surface area contributed by atoms with E-state index in [1.807, 2.05) is 0 Å². The molecule has 1 unspecified atom stereocenters. The molecule has 0 aliphatic heterocycles. The van der Waals surface area contributed by atoms with Gasteiger partial charge in [-0.15, -0.1) is 0 Å². The molecule has 74 valence electrons. The number of fused-ring (bicyclic) bond motifs is 1. The zero-order valence-electron chi connectivity index (χ0n) is 8.89. The lowest BCUT2D eigenvalue weighted by molar-refractivity contribution is 0.166. The summed E-state index contributed by atoms with van der Waals surface area (Å²) in [7, 11) is 0. The fraction of sp³-hybridized carbons (Fsp3) is 0.846. The third-order valence-electron chi connectivity index (χ3n) is 4.25. The fourth-order valence-electron chi connectivity index (χ4n) is 3.35.